The fourth-order valence-corrected chi connectivity index (χ4v) is 1.88. The van der Waals surface area contributed by atoms with Gasteiger partial charge in [-0.3, -0.25) is 0 Å². The van der Waals surface area contributed by atoms with Crippen molar-refractivity contribution in [3.8, 4) is 23.4 Å². The van der Waals surface area contributed by atoms with E-state index in [1.54, 1.807) is 14.0 Å². The number of aromatic carboxylic acids is 1. The number of hydrogen-bond donors (Lipinski definition) is 1. The number of aromatic nitrogens is 2. The lowest BCUT2D eigenvalue weighted by atomic mass is 10.2. The minimum absolute atomic E-state index is 0.0291. The maximum atomic E-state index is 11.2. The summed E-state index contributed by atoms with van der Waals surface area (Å²) >= 11 is 0. The predicted octanol–water partition coefficient (Wildman–Crippen LogP) is 2.10. The van der Waals surface area contributed by atoms with Crippen LogP contribution in [0, 0.1) is 18.3 Å². The monoisotopic (exact) mass is 287 g/mol. The molecule has 0 radical (unpaired) electrons. The number of nitrogens with zero attached hydrogens (tertiary/aromatic N) is 3. The summed E-state index contributed by atoms with van der Waals surface area (Å²) in [5.74, 6) is -0.412. The van der Waals surface area contributed by atoms with Gasteiger partial charge < -0.3 is 14.6 Å². The molecule has 0 unspecified atom stereocenters. The molecule has 0 aliphatic carbocycles. The zero-order valence-corrected chi connectivity index (χ0v) is 11.7. The molecule has 108 valence electrons. The largest absolute Gasteiger partial charge is 0.497 e. The molecule has 0 saturated carbocycles. The molecule has 1 aromatic carbocycles. The van der Waals surface area contributed by atoms with Crippen LogP contribution in [0.1, 0.15) is 21.6 Å². The Labute approximate surface area is 120 Å². The van der Waals surface area contributed by atoms with Crippen molar-refractivity contribution in [2.75, 3.05) is 7.11 Å². The predicted molar refractivity (Wildman–Crippen MR) is 72.7 cm³/mol. The normalized spacial score (nSPS) is 10.0. The van der Waals surface area contributed by atoms with Gasteiger partial charge in [0, 0.05) is 13.1 Å². The summed E-state index contributed by atoms with van der Waals surface area (Å²) in [6, 6.07) is 6.35. The van der Waals surface area contributed by atoms with E-state index in [4.69, 9.17) is 14.7 Å². The average Bonchev–Trinajstić information content (AvgIpc) is 2.72. The first kappa shape index (κ1) is 14.4. The van der Waals surface area contributed by atoms with Crippen molar-refractivity contribution in [3.63, 3.8) is 0 Å². The first-order valence-electron chi connectivity index (χ1n) is 6.00. The SMILES string of the molecule is COc1ccc(C(=O)O)c(Oc2c(C#N)c(C)nn2C)c1. The lowest BCUT2D eigenvalue weighted by Gasteiger charge is -2.10. The summed E-state index contributed by atoms with van der Waals surface area (Å²) in [6.07, 6.45) is 0. The summed E-state index contributed by atoms with van der Waals surface area (Å²) in [6.45, 7) is 1.68. The number of aryl methyl sites for hydroxylation is 2. The summed E-state index contributed by atoms with van der Waals surface area (Å²) in [7, 11) is 3.08. The minimum Gasteiger partial charge on any atom is -0.497 e. The van der Waals surface area contributed by atoms with Crippen molar-refractivity contribution >= 4 is 5.97 Å². The van der Waals surface area contributed by atoms with Crippen LogP contribution in [0.15, 0.2) is 18.2 Å². The van der Waals surface area contributed by atoms with Crippen LogP contribution in [0.3, 0.4) is 0 Å². The van der Waals surface area contributed by atoms with E-state index in [-0.39, 0.29) is 22.8 Å². The molecular weight excluding hydrogens is 274 g/mol. The number of ether oxygens (including phenoxy) is 2. The first-order chi connectivity index (χ1) is 9.97. The second-order valence-corrected chi connectivity index (χ2v) is 4.27. The molecular formula is C14H13N3O4. The van der Waals surface area contributed by atoms with Gasteiger partial charge in [0.25, 0.3) is 0 Å². The highest BCUT2D eigenvalue weighted by Gasteiger charge is 2.19. The number of methoxy groups -OCH3 is 1. The zero-order chi connectivity index (χ0) is 15.6. The molecule has 1 N–H and O–H groups in total. The van der Waals surface area contributed by atoms with Gasteiger partial charge in [-0.15, -0.1) is 0 Å². The summed E-state index contributed by atoms with van der Waals surface area (Å²) in [5.41, 5.74) is 0.741. The van der Waals surface area contributed by atoms with Crippen LogP contribution in [0.25, 0.3) is 0 Å². The highest BCUT2D eigenvalue weighted by atomic mass is 16.5. The maximum absolute atomic E-state index is 11.2. The highest BCUT2D eigenvalue weighted by Crippen LogP contribution is 2.31. The lowest BCUT2D eigenvalue weighted by molar-refractivity contribution is 0.0694. The molecule has 0 amide bonds. The molecule has 1 aromatic heterocycles. The topological polar surface area (TPSA) is 97.4 Å². The van der Waals surface area contributed by atoms with Crippen molar-refractivity contribution in [1.82, 2.24) is 9.78 Å². The van der Waals surface area contributed by atoms with Crippen molar-refractivity contribution in [1.29, 1.82) is 5.26 Å². The lowest BCUT2D eigenvalue weighted by Crippen LogP contribution is -2.03. The minimum atomic E-state index is -1.13. The van der Waals surface area contributed by atoms with Crippen LogP contribution < -0.4 is 9.47 Å². The van der Waals surface area contributed by atoms with Crippen molar-refractivity contribution < 1.29 is 19.4 Å². The van der Waals surface area contributed by atoms with Crippen LogP contribution >= 0.6 is 0 Å². The Morgan fingerprint density at radius 1 is 1.48 bits per heavy atom. The third-order valence-electron chi connectivity index (χ3n) is 2.91. The van der Waals surface area contributed by atoms with Crippen LogP contribution in [0.5, 0.6) is 17.4 Å². The van der Waals surface area contributed by atoms with Gasteiger partial charge in [0.2, 0.25) is 5.88 Å². The molecule has 0 aliphatic rings. The molecule has 0 fully saturated rings. The molecule has 0 saturated heterocycles. The molecule has 1 heterocycles. The van der Waals surface area contributed by atoms with Gasteiger partial charge in [0.1, 0.15) is 28.7 Å². The van der Waals surface area contributed by atoms with Gasteiger partial charge in [0.15, 0.2) is 0 Å². The number of carbonyl (C=O) groups is 1. The Kier molecular flexibility index (Phi) is 3.80. The average molecular weight is 287 g/mol. The van der Waals surface area contributed by atoms with E-state index >= 15 is 0 Å². The van der Waals surface area contributed by atoms with Crippen LogP contribution in [-0.2, 0) is 7.05 Å². The van der Waals surface area contributed by atoms with Crippen LogP contribution in [0.2, 0.25) is 0 Å². The number of carboxylic acids is 1. The van der Waals surface area contributed by atoms with E-state index < -0.39 is 5.97 Å². The third kappa shape index (κ3) is 2.65. The van der Waals surface area contributed by atoms with E-state index in [0.29, 0.717) is 11.4 Å². The zero-order valence-electron chi connectivity index (χ0n) is 11.7. The standard InChI is InChI=1S/C14H13N3O4/c1-8-11(7-15)13(17(2)16-8)21-12-6-9(20-3)4-5-10(12)14(18)19/h4-6H,1-3H3,(H,18,19). The number of rotatable bonds is 4. The Bertz CT molecular complexity index is 743. The molecule has 0 bridgehead atoms. The maximum Gasteiger partial charge on any atom is 0.339 e. The second-order valence-electron chi connectivity index (χ2n) is 4.27. The van der Waals surface area contributed by atoms with Gasteiger partial charge in [-0.25, -0.2) is 9.48 Å². The van der Waals surface area contributed by atoms with Gasteiger partial charge in [-0.1, -0.05) is 0 Å². The molecule has 0 aliphatic heterocycles. The van der Waals surface area contributed by atoms with E-state index in [9.17, 15) is 9.90 Å². The Morgan fingerprint density at radius 2 is 2.19 bits per heavy atom. The molecule has 0 spiro atoms. The fraction of sp³-hybridized carbons (Fsp3) is 0.214. The molecule has 21 heavy (non-hydrogen) atoms. The quantitative estimate of drug-likeness (QED) is 0.924. The summed E-state index contributed by atoms with van der Waals surface area (Å²) in [5, 5.41) is 22.4. The summed E-state index contributed by atoms with van der Waals surface area (Å²) < 4.78 is 12.1. The molecule has 2 rings (SSSR count). The number of nitriles is 1. The molecule has 7 nitrogen and oxygen atoms in total. The van der Waals surface area contributed by atoms with Crippen molar-refractivity contribution in [3.05, 3.63) is 35.0 Å². The molecule has 0 atom stereocenters. The Balaban J connectivity index is 2.53. The first-order valence-corrected chi connectivity index (χ1v) is 6.00. The van der Waals surface area contributed by atoms with Gasteiger partial charge in [-0.2, -0.15) is 10.4 Å². The highest BCUT2D eigenvalue weighted by molar-refractivity contribution is 5.91. The van der Waals surface area contributed by atoms with E-state index in [1.165, 1.54) is 30.0 Å². The number of carboxylic acid groups (broad SMARTS) is 1. The second kappa shape index (κ2) is 5.54. The Hall–Kier alpha value is -3.01. The van der Waals surface area contributed by atoms with Gasteiger partial charge in [-0.05, 0) is 19.1 Å². The van der Waals surface area contributed by atoms with Crippen LogP contribution in [0.4, 0.5) is 0 Å². The number of benzene rings is 1. The summed E-state index contributed by atoms with van der Waals surface area (Å²) in [4.78, 5) is 11.2. The van der Waals surface area contributed by atoms with E-state index in [0.717, 1.165) is 0 Å². The van der Waals surface area contributed by atoms with Gasteiger partial charge >= 0.3 is 5.97 Å². The van der Waals surface area contributed by atoms with Crippen molar-refractivity contribution in [2.45, 2.75) is 6.92 Å². The van der Waals surface area contributed by atoms with E-state index in [2.05, 4.69) is 5.10 Å². The van der Waals surface area contributed by atoms with E-state index in [1.807, 2.05) is 6.07 Å². The third-order valence-corrected chi connectivity index (χ3v) is 2.91. The number of hydrogen-bond acceptors (Lipinski definition) is 5. The van der Waals surface area contributed by atoms with Gasteiger partial charge in [0.05, 0.1) is 12.8 Å². The smallest absolute Gasteiger partial charge is 0.339 e. The molecule has 2 aromatic rings. The fourth-order valence-electron chi connectivity index (χ4n) is 1.88. The van der Waals surface area contributed by atoms with Crippen molar-refractivity contribution in [2.24, 2.45) is 7.05 Å². The van der Waals surface area contributed by atoms with Crippen LogP contribution in [-0.4, -0.2) is 28.0 Å². The Morgan fingerprint density at radius 3 is 2.76 bits per heavy atom. The molecule has 7 heteroatoms.